The van der Waals surface area contributed by atoms with E-state index in [0.29, 0.717) is 5.56 Å². The fourth-order valence-corrected chi connectivity index (χ4v) is 1.18. The fourth-order valence-electron chi connectivity index (χ4n) is 1.18. The van der Waals surface area contributed by atoms with Crippen LogP contribution in [0.5, 0.6) is 0 Å². The second-order valence-electron chi connectivity index (χ2n) is 3.24. The molecule has 0 aliphatic heterocycles. The first kappa shape index (κ1) is 9.57. The van der Waals surface area contributed by atoms with E-state index in [1.54, 1.807) is 17.9 Å². The molecule has 5 heteroatoms. The van der Waals surface area contributed by atoms with Gasteiger partial charge in [-0.25, -0.2) is 0 Å². The Morgan fingerprint density at radius 2 is 2.31 bits per heavy atom. The number of nitrogens with two attached hydrogens (primary N) is 1. The van der Waals surface area contributed by atoms with E-state index in [-0.39, 0.29) is 11.8 Å². The molecule has 72 valence electrons. The van der Waals surface area contributed by atoms with Crippen molar-refractivity contribution in [2.75, 3.05) is 0 Å². The van der Waals surface area contributed by atoms with Crippen LogP contribution in [0.25, 0.3) is 0 Å². The fraction of sp³-hybridized carbons (Fsp3) is 0.500. The maximum Gasteiger partial charge on any atom is 0.173 e. The second-order valence-corrected chi connectivity index (χ2v) is 3.24. The molecule has 0 saturated heterocycles. The lowest BCUT2D eigenvalue weighted by Gasteiger charge is -2.02. The normalized spacial score (nSPS) is 12.5. The summed E-state index contributed by atoms with van der Waals surface area (Å²) in [5.74, 6) is 0.369. The molecule has 0 radical (unpaired) electrons. The van der Waals surface area contributed by atoms with Crippen LogP contribution >= 0.6 is 0 Å². The highest BCUT2D eigenvalue weighted by atomic mass is 16.4. The Hall–Kier alpha value is -1.52. The first-order valence-corrected chi connectivity index (χ1v) is 4.07. The lowest BCUT2D eigenvalue weighted by molar-refractivity contribution is 0.318. The molecular formula is C8H14N4O. The molecule has 0 atom stereocenters. The van der Waals surface area contributed by atoms with Crippen LogP contribution in [-0.4, -0.2) is 20.8 Å². The van der Waals surface area contributed by atoms with Gasteiger partial charge in [-0.15, -0.1) is 0 Å². The minimum Gasteiger partial charge on any atom is -0.409 e. The van der Waals surface area contributed by atoms with Gasteiger partial charge in [-0.1, -0.05) is 19.0 Å². The zero-order valence-electron chi connectivity index (χ0n) is 8.02. The van der Waals surface area contributed by atoms with E-state index >= 15 is 0 Å². The maximum absolute atomic E-state index is 8.53. The number of aromatic nitrogens is 2. The molecule has 0 unspecified atom stereocenters. The van der Waals surface area contributed by atoms with Crippen molar-refractivity contribution in [1.82, 2.24) is 9.78 Å². The van der Waals surface area contributed by atoms with E-state index in [2.05, 4.69) is 10.3 Å². The van der Waals surface area contributed by atoms with E-state index < -0.39 is 0 Å². The van der Waals surface area contributed by atoms with Gasteiger partial charge in [0.05, 0.1) is 11.3 Å². The minimum atomic E-state index is 0.108. The number of hydrogen-bond acceptors (Lipinski definition) is 3. The predicted octanol–water partition coefficient (Wildman–Crippen LogP) is 0.638. The quantitative estimate of drug-likeness (QED) is 0.305. The summed E-state index contributed by atoms with van der Waals surface area (Å²) < 4.78 is 1.66. The maximum atomic E-state index is 8.53. The van der Waals surface area contributed by atoms with Gasteiger partial charge in [-0.3, -0.25) is 4.68 Å². The lowest BCUT2D eigenvalue weighted by Crippen LogP contribution is -2.14. The molecule has 5 nitrogen and oxygen atoms in total. The third kappa shape index (κ3) is 1.80. The van der Waals surface area contributed by atoms with Crippen LogP contribution in [0.4, 0.5) is 0 Å². The molecule has 0 aromatic carbocycles. The largest absolute Gasteiger partial charge is 0.409 e. The van der Waals surface area contributed by atoms with Crippen molar-refractivity contribution < 1.29 is 5.21 Å². The van der Waals surface area contributed by atoms with Gasteiger partial charge in [0.2, 0.25) is 0 Å². The van der Waals surface area contributed by atoms with Gasteiger partial charge in [-0.2, -0.15) is 5.10 Å². The van der Waals surface area contributed by atoms with Crippen molar-refractivity contribution >= 4 is 5.84 Å². The average Bonchev–Trinajstić information content (AvgIpc) is 2.46. The summed E-state index contributed by atoms with van der Waals surface area (Å²) >= 11 is 0. The van der Waals surface area contributed by atoms with E-state index in [1.165, 1.54) is 0 Å². The second kappa shape index (κ2) is 3.47. The Kier molecular flexibility index (Phi) is 2.55. The Bertz CT molecular complexity index is 327. The van der Waals surface area contributed by atoms with Crippen LogP contribution in [0.3, 0.4) is 0 Å². The molecule has 0 aliphatic carbocycles. The first-order chi connectivity index (χ1) is 6.06. The first-order valence-electron chi connectivity index (χ1n) is 4.07. The average molecular weight is 182 g/mol. The third-order valence-corrected chi connectivity index (χ3v) is 1.79. The topological polar surface area (TPSA) is 76.4 Å². The summed E-state index contributed by atoms with van der Waals surface area (Å²) in [6.07, 6.45) is 1.74. The molecule has 0 aliphatic rings. The van der Waals surface area contributed by atoms with Gasteiger partial charge in [0.1, 0.15) is 0 Å². The lowest BCUT2D eigenvalue weighted by atomic mass is 10.1. The smallest absolute Gasteiger partial charge is 0.173 e. The molecule has 1 aromatic heterocycles. The molecule has 0 bridgehead atoms. The van der Waals surface area contributed by atoms with Crippen LogP contribution in [0.2, 0.25) is 0 Å². The number of oxime groups is 1. The number of aryl methyl sites for hydroxylation is 1. The van der Waals surface area contributed by atoms with Crippen molar-refractivity contribution in [3.63, 3.8) is 0 Å². The molecular weight excluding hydrogens is 168 g/mol. The van der Waals surface area contributed by atoms with Crippen molar-refractivity contribution in [2.24, 2.45) is 17.9 Å². The minimum absolute atomic E-state index is 0.108. The van der Waals surface area contributed by atoms with Crippen LogP contribution in [0, 0.1) is 0 Å². The van der Waals surface area contributed by atoms with E-state index in [0.717, 1.165) is 5.69 Å². The Balaban J connectivity index is 3.19. The third-order valence-electron chi connectivity index (χ3n) is 1.79. The van der Waals surface area contributed by atoms with Crippen LogP contribution in [-0.2, 0) is 7.05 Å². The van der Waals surface area contributed by atoms with E-state index in [1.807, 2.05) is 13.8 Å². The summed E-state index contributed by atoms with van der Waals surface area (Å²) in [5.41, 5.74) is 7.03. The van der Waals surface area contributed by atoms with Crippen LogP contribution < -0.4 is 5.73 Å². The Morgan fingerprint density at radius 3 is 2.77 bits per heavy atom. The highest BCUT2D eigenvalue weighted by Crippen LogP contribution is 2.16. The molecule has 3 N–H and O–H groups in total. The van der Waals surface area contributed by atoms with Gasteiger partial charge in [0.25, 0.3) is 0 Å². The van der Waals surface area contributed by atoms with Gasteiger partial charge < -0.3 is 10.9 Å². The van der Waals surface area contributed by atoms with Crippen LogP contribution in [0.15, 0.2) is 11.4 Å². The zero-order chi connectivity index (χ0) is 10.0. The molecule has 0 saturated carbocycles. The van der Waals surface area contributed by atoms with Gasteiger partial charge in [-0.05, 0) is 5.92 Å². The van der Waals surface area contributed by atoms with Crippen molar-refractivity contribution in [2.45, 2.75) is 19.8 Å². The summed E-state index contributed by atoms with van der Waals surface area (Å²) in [5, 5.41) is 15.7. The molecule has 0 fully saturated rings. The summed E-state index contributed by atoms with van der Waals surface area (Å²) in [6.45, 7) is 4.02. The molecule has 13 heavy (non-hydrogen) atoms. The summed E-state index contributed by atoms with van der Waals surface area (Å²) in [4.78, 5) is 0. The van der Waals surface area contributed by atoms with Crippen molar-refractivity contribution in [3.05, 3.63) is 17.5 Å². The Morgan fingerprint density at radius 1 is 1.69 bits per heavy atom. The molecule has 0 spiro atoms. The summed E-state index contributed by atoms with van der Waals surface area (Å²) in [6, 6.07) is 0. The van der Waals surface area contributed by atoms with E-state index in [9.17, 15) is 0 Å². The van der Waals surface area contributed by atoms with Crippen molar-refractivity contribution in [1.29, 1.82) is 0 Å². The standard InChI is InChI=1S/C8H14N4O/c1-5(2)7-6(8(9)11-13)4-12(3)10-7/h4-5,13H,1-3H3,(H2,9,11). The highest BCUT2D eigenvalue weighted by Gasteiger charge is 2.14. The number of nitrogens with zero attached hydrogens (tertiary/aromatic N) is 3. The molecule has 1 aromatic rings. The molecule has 1 rings (SSSR count). The monoisotopic (exact) mass is 182 g/mol. The Labute approximate surface area is 76.8 Å². The highest BCUT2D eigenvalue weighted by molar-refractivity contribution is 5.97. The van der Waals surface area contributed by atoms with Gasteiger partial charge >= 0.3 is 0 Å². The predicted molar refractivity (Wildman–Crippen MR) is 49.8 cm³/mol. The van der Waals surface area contributed by atoms with E-state index in [4.69, 9.17) is 10.9 Å². The van der Waals surface area contributed by atoms with Gasteiger partial charge in [0, 0.05) is 13.2 Å². The van der Waals surface area contributed by atoms with Crippen LogP contribution in [0.1, 0.15) is 31.0 Å². The SMILES string of the molecule is CC(C)c1nn(C)cc1/C(N)=N\O. The summed E-state index contributed by atoms with van der Waals surface area (Å²) in [7, 11) is 1.81. The van der Waals surface area contributed by atoms with Crippen molar-refractivity contribution in [3.8, 4) is 0 Å². The number of hydrogen-bond donors (Lipinski definition) is 2. The number of amidine groups is 1. The molecule has 0 amide bonds. The zero-order valence-corrected chi connectivity index (χ0v) is 8.02. The van der Waals surface area contributed by atoms with Gasteiger partial charge in [0.15, 0.2) is 5.84 Å². The number of rotatable bonds is 2. The molecule has 1 heterocycles.